The lowest BCUT2D eigenvalue weighted by Gasteiger charge is -2.25. The molecule has 0 aliphatic rings. The number of anilines is 1. The Bertz CT molecular complexity index is 2100. The smallest absolute Gasteiger partial charge is 0.258 e. The summed E-state index contributed by atoms with van der Waals surface area (Å²) in [5.74, 6) is -0.978. The van der Waals surface area contributed by atoms with Gasteiger partial charge in [-0.25, -0.2) is 4.39 Å². The SMILES string of the molecule is CC(C)c1c(C(=O)Nc2ccccc2)c(-c2ccccc2)c(-c2ccc(F)cc2)n1CC[C@@H](O)C[C@@H](O)CC(=O)N(Cc1ccccc1)Cc1ccccc1. The monoisotopic (exact) mass is 737 g/mol. The van der Waals surface area contributed by atoms with Crippen LogP contribution in [0.2, 0.25) is 0 Å². The van der Waals surface area contributed by atoms with Crippen LogP contribution < -0.4 is 5.32 Å². The van der Waals surface area contributed by atoms with Crippen LogP contribution in [0.3, 0.4) is 0 Å². The number of benzene rings is 5. The number of para-hydroxylation sites is 1. The summed E-state index contributed by atoms with van der Waals surface area (Å²) in [4.78, 5) is 29.7. The van der Waals surface area contributed by atoms with Gasteiger partial charge in [0.1, 0.15) is 5.82 Å². The number of aliphatic hydroxyl groups excluding tert-OH is 2. The zero-order chi connectivity index (χ0) is 38.7. The van der Waals surface area contributed by atoms with Gasteiger partial charge in [0.25, 0.3) is 5.91 Å². The van der Waals surface area contributed by atoms with Crippen LogP contribution in [-0.4, -0.2) is 43.7 Å². The first-order valence-corrected chi connectivity index (χ1v) is 18.8. The number of hydrogen-bond acceptors (Lipinski definition) is 4. The van der Waals surface area contributed by atoms with Crippen LogP contribution in [-0.2, 0) is 24.4 Å². The van der Waals surface area contributed by atoms with Gasteiger partial charge < -0.3 is 25.0 Å². The summed E-state index contributed by atoms with van der Waals surface area (Å²) >= 11 is 0. The van der Waals surface area contributed by atoms with Crippen LogP contribution in [0.25, 0.3) is 22.4 Å². The molecule has 5 aromatic carbocycles. The van der Waals surface area contributed by atoms with Crippen molar-refractivity contribution in [1.82, 2.24) is 9.47 Å². The fraction of sp³-hybridized carbons (Fsp3) is 0.234. The Balaban J connectivity index is 1.28. The number of aromatic nitrogens is 1. The highest BCUT2D eigenvalue weighted by molar-refractivity contribution is 6.12. The molecule has 0 aliphatic carbocycles. The fourth-order valence-electron chi connectivity index (χ4n) is 7.17. The maximum absolute atomic E-state index is 14.4. The number of carbonyl (C=O) groups excluding carboxylic acids is 2. The summed E-state index contributed by atoms with van der Waals surface area (Å²) in [7, 11) is 0. The van der Waals surface area contributed by atoms with Crippen LogP contribution >= 0.6 is 0 Å². The molecule has 2 atom stereocenters. The summed E-state index contributed by atoms with van der Waals surface area (Å²) in [6.07, 6.45) is -1.94. The van der Waals surface area contributed by atoms with Crippen LogP contribution in [0.1, 0.15) is 66.2 Å². The second kappa shape index (κ2) is 18.5. The van der Waals surface area contributed by atoms with Crippen LogP contribution in [0.15, 0.2) is 146 Å². The Morgan fingerprint density at radius 3 is 1.76 bits per heavy atom. The number of carbonyl (C=O) groups is 2. The lowest BCUT2D eigenvalue weighted by molar-refractivity contribution is -0.134. The largest absolute Gasteiger partial charge is 0.393 e. The number of nitrogens with one attached hydrogen (secondary N) is 1. The quantitative estimate of drug-likeness (QED) is 0.0923. The summed E-state index contributed by atoms with van der Waals surface area (Å²) in [5.41, 5.74) is 6.88. The van der Waals surface area contributed by atoms with Gasteiger partial charge in [-0.1, -0.05) is 123 Å². The van der Waals surface area contributed by atoms with Gasteiger partial charge in [0, 0.05) is 36.6 Å². The first-order chi connectivity index (χ1) is 26.7. The first-order valence-electron chi connectivity index (χ1n) is 18.8. The van der Waals surface area contributed by atoms with Crippen LogP contribution in [0.4, 0.5) is 10.1 Å². The summed E-state index contributed by atoms with van der Waals surface area (Å²) in [6.45, 7) is 5.14. The molecule has 0 aliphatic heterocycles. The lowest BCUT2D eigenvalue weighted by Crippen LogP contribution is -2.33. The van der Waals surface area contributed by atoms with Crippen molar-refractivity contribution in [2.45, 2.75) is 70.9 Å². The molecule has 6 aromatic rings. The lowest BCUT2D eigenvalue weighted by atomic mass is 9.94. The zero-order valence-electron chi connectivity index (χ0n) is 31.3. The second-order valence-electron chi connectivity index (χ2n) is 14.2. The summed E-state index contributed by atoms with van der Waals surface area (Å²) < 4.78 is 16.3. The van der Waals surface area contributed by atoms with E-state index in [0.717, 1.165) is 33.6 Å². The average Bonchev–Trinajstić information content (AvgIpc) is 3.54. The number of hydrogen-bond donors (Lipinski definition) is 3. The number of aliphatic hydroxyl groups is 2. The minimum atomic E-state index is -1.07. The third-order valence-corrected chi connectivity index (χ3v) is 9.71. The Hall–Kier alpha value is -5.83. The normalized spacial score (nSPS) is 12.3. The molecule has 2 amide bonds. The topological polar surface area (TPSA) is 94.8 Å². The standard InChI is InChI=1S/C47H48FN3O4/c1-33(2)45-44(47(55)49-39-21-13-6-14-22-39)43(36-19-11-5-12-20-36)46(37-23-25-38(48)26-24-37)51(45)28-27-40(52)29-41(53)30-42(54)50(31-34-15-7-3-8-16-34)32-35-17-9-4-10-18-35/h3-26,33,40-41,52-53H,27-32H2,1-2H3,(H,49,55)/t40-,41-/m1/s1. The number of amides is 2. The van der Waals surface area contributed by atoms with Gasteiger partial charge in [-0.2, -0.15) is 0 Å². The molecule has 1 aromatic heterocycles. The predicted molar refractivity (Wildman–Crippen MR) is 217 cm³/mol. The van der Waals surface area contributed by atoms with Crippen molar-refractivity contribution in [1.29, 1.82) is 0 Å². The van der Waals surface area contributed by atoms with Crippen molar-refractivity contribution < 1.29 is 24.2 Å². The number of halogens is 1. The van der Waals surface area contributed by atoms with E-state index >= 15 is 0 Å². The molecule has 0 radical (unpaired) electrons. The Morgan fingerprint density at radius 2 is 1.22 bits per heavy atom. The highest BCUT2D eigenvalue weighted by atomic mass is 19.1. The molecule has 0 spiro atoms. The van der Waals surface area contributed by atoms with Gasteiger partial charge in [0.05, 0.1) is 29.9 Å². The molecule has 0 saturated carbocycles. The van der Waals surface area contributed by atoms with Gasteiger partial charge >= 0.3 is 0 Å². The van der Waals surface area contributed by atoms with Gasteiger partial charge in [0.2, 0.25) is 5.91 Å². The van der Waals surface area contributed by atoms with Crippen molar-refractivity contribution in [2.24, 2.45) is 0 Å². The molecule has 1 heterocycles. The van der Waals surface area contributed by atoms with E-state index in [4.69, 9.17) is 0 Å². The predicted octanol–water partition coefficient (Wildman–Crippen LogP) is 9.46. The fourth-order valence-corrected chi connectivity index (χ4v) is 7.17. The number of nitrogens with zero attached hydrogens (tertiary/aromatic N) is 2. The Morgan fingerprint density at radius 1 is 0.691 bits per heavy atom. The van der Waals surface area contributed by atoms with Crippen LogP contribution in [0, 0.1) is 5.82 Å². The molecule has 0 saturated heterocycles. The average molecular weight is 738 g/mol. The van der Waals surface area contributed by atoms with Crippen molar-refractivity contribution in [3.8, 4) is 22.4 Å². The molecule has 0 unspecified atom stereocenters. The highest BCUT2D eigenvalue weighted by Gasteiger charge is 2.31. The molecular formula is C47H48FN3O4. The van der Waals surface area contributed by atoms with E-state index in [1.54, 1.807) is 17.0 Å². The Labute approximate surface area is 322 Å². The van der Waals surface area contributed by atoms with Gasteiger partial charge in [-0.15, -0.1) is 0 Å². The van der Waals surface area contributed by atoms with E-state index < -0.39 is 12.2 Å². The van der Waals surface area contributed by atoms with Crippen molar-refractivity contribution in [2.75, 3.05) is 5.32 Å². The maximum Gasteiger partial charge on any atom is 0.258 e. The minimum absolute atomic E-state index is 0.00664. The highest BCUT2D eigenvalue weighted by Crippen LogP contribution is 2.42. The molecule has 0 fully saturated rings. The van der Waals surface area contributed by atoms with Gasteiger partial charge in [-0.3, -0.25) is 9.59 Å². The van der Waals surface area contributed by atoms with Crippen molar-refractivity contribution in [3.63, 3.8) is 0 Å². The molecule has 8 heteroatoms. The summed E-state index contributed by atoms with van der Waals surface area (Å²) in [6, 6.07) is 44.7. The van der Waals surface area contributed by atoms with E-state index in [1.165, 1.54) is 12.1 Å². The van der Waals surface area contributed by atoms with Gasteiger partial charge in [-0.05, 0) is 77.4 Å². The zero-order valence-corrected chi connectivity index (χ0v) is 31.3. The van der Waals surface area contributed by atoms with E-state index in [0.29, 0.717) is 36.4 Å². The van der Waals surface area contributed by atoms with E-state index in [9.17, 15) is 24.2 Å². The molecule has 282 valence electrons. The minimum Gasteiger partial charge on any atom is -0.393 e. The van der Waals surface area contributed by atoms with E-state index in [-0.39, 0.29) is 42.8 Å². The molecule has 3 N–H and O–H groups in total. The van der Waals surface area contributed by atoms with Crippen molar-refractivity contribution >= 4 is 17.5 Å². The first kappa shape index (κ1) is 38.9. The Kier molecular flexibility index (Phi) is 13.1. The van der Waals surface area contributed by atoms with Crippen LogP contribution in [0.5, 0.6) is 0 Å². The molecule has 7 nitrogen and oxygen atoms in total. The number of rotatable bonds is 16. The third kappa shape index (κ3) is 10.0. The summed E-state index contributed by atoms with van der Waals surface area (Å²) in [5, 5.41) is 25.7. The molecule has 6 rings (SSSR count). The van der Waals surface area contributed by atoms with Gasteiger partial charge in [0.15, 0.2) is 0 Å². The van der Waals surface area contributed by atoms with Crippen molar-refractivity contribution in [3.05, 3.63) is 174 Å². The molecule has 55 heavy (non-hydrogen) atoms. The molecule has 0 bridgehead atoms. The van der Waals surface area contributed by atoms with E-state index in [2.05, 4.69) is 9.88 Å². The maximum atomic E-state index is 14.4. The third-order valence-electron chi connectivity index (χ3n) is 9.71. The second-order valence-corrected chi connectivity index (χ2v) is 14.2. The molecular weight excluding hydrogens is 690 g/mol. The van der Waals surface area contributed by atoms with E-state index in [1.807, 2.05) is 135 Å².